The van der Waals surface area contributed by atoms with Crippen LogP contribution in [-0.2, 0) is 14.4 Å². The lowest BCUT2D eigenvalue weighted by atomic mass is 9.98. The predicted octanol–water partition coefficient (Wildman–Crippen LogP) is 1.96. The quantitative estimate of drug-likeness (QED) is 0.712. The van der Waals surface area contributed by atoms with Crippen LogP contribution in [0.2, 0.25) is 0 Å². The summed E-state index contributed by atoms with van der Waals surface area (Å²) in [5, 5.41) is 9.13. The largest absolute Gasteiger partial charge is 0.481 e. The minimum absolute atomic E-state index is 0.0930. The van der Waals surface area contributed by atoms with E-state index in [2.05, 4.69) is 0 Å². The first-order valence-electron chi connectivity index (χ1n) is 8.88. The lowest BCUT2D eigenvalue weighted by Gasteiger charge is -2.32. The average Bonchev–Trinajstić information content (AvgIpc) is 2.67. The number of carbonyl (C=O) groups is 3. The molecule has 0 bridgehead atoms. The van der Waals surface area contributed by atoms with Crippen LogP contribution < -0.4 is 4.74 Å². The molecule has 2 rings (SSSR count). The first-order chi connectivity index (χ1) is 12.8. The monoisotopic (exact) mass is 394 g/mol. The van der Waals surface area contributed by atoms with Crippen LogP contribution in [0.5, 0.6) is 5.75 Å². The van der Waals surface area contributed by atoms with Gasteiger partial charge in [0, 0.05) is 25.0 Å². The Morgan fingerprint density at radius 2 is 2.00 bits per heavy atom. The summed E-state index contributed by atoms with van der Waals surface area (Å²) in [6, 6.07) is 7.44. The molecule has 0 aliphatic carbocycles. The number of carboxylic acids is 1. The van der Waals surface area contributed by atoms with E-state index >= 15 is 0 Å². The topological polar surface area (TPSA) is 87.2 Å². The third-order valence-corrected chi connectivity index (χ3v) is 5.34. The summed E-state index contributed by atoms with van der Waals surface area (Å²) in [7, 11) is 1.55. The molecular formula is C19H26N2O5S. The van der Waals surface area contributed by atoms with E-state index in [0.29, 0.717) is 25.1 Å². The molecule has 1 N–H and O–H groups in total. The fourth-order valence-corrected chi connectivity index (χ4v) is 3.41. The van der Waals surface area contributed by atoms with E-state index in [1.807, 2.05) is 18.4 Å². The Hall–Kier alpha value is -2.22. The van der Waals surface area contributed by atoms with E-state index in [1.165, 1.54) is 9.80 Å². The second-order valence-corrected chi connectivity index (χ2v) is 7.53. The standard InChI is InChI=1S/C19H26N2O5S/c1-13(26-15-6-8-16(27-3)9-7-15)18(23)20(2)12-17(22)21-10-4-5-14(11-21)19(24)25/h6-9,13-14H,4-5,10-12H2,1-3H3,(H,24,25). The number of thioether (sulfide) groups is 1. The Labute approximate surface area is 163 Å². The van der Waals surface area contributed by atoms with Gasteiger partial charge in [0.1, 0.15) is 5.75 Å². The van der Waals surface area contributed by atoms with E-state index in [9.17, 15) is 14.4 Å². The molecule has 148 valence electrons. The molecular weight excluding hydrogens is 368 g/mol. The Bertz CT molecular complexity index is 679. The van der Waals surface area contributed by atoms with Crippen molar-refractivity contribution in [2.24, 2.45) is 5.92 Å². The molecule has 0 saturated carbocycles. The van der Waals surface area contributed by atoms with Crippen molar-refractivity contribution in [2.75, 3.05) is 32.9 Å². The minimum atomic E-state index is -0.883. The number of nitrogens with zero attached hydrogens (tertiary/aromatic N) is 2. The molecule has 2 atom stereocenters. The number of benzene rings is 1. The molecule has 1 aromatic rings. The van der Waals surface area contributed by atoms with Crippen LogP contribution in [0.1, 0.15) is 19.8 Å². The molecule has 1 fully saturated rings. The normalized spacial score (nSPS) is 17.9. The van der Waals surface area contributed by atoms with E-state index in [0.717, 1.165) is 4.90 Å². The van der Waals surface area contributed by atoms with Crippen LogP contribution in [0, 0.1) is 5.92 Å². The van der Waals surface area contributed by atoms with Crippen molar-refractivity contribution in [1.82, 2.24) is 9.80 Å². The molecule has 0 radical (unpaired) electrons. The summed E-state index contributed by atoms with van der Waals surface area (Å²) in [5.74, 6) is -1.37. The third kappa shape index (κ3) is 5.89. The average molecular weight is 394 g/mol. The number of ether oxygens (including phenoxy) is 1. The maximum atomic E-state index is 12.5. The molecule has 2 amide bonds. The molecule has 0 spiro atoms. The molecule has 8 heteroatoms. The molecule has 1 heterocycles. The second-order valence-electron chi connectivity index (χ2n) is 6.65. The number of rotatable bonds is 7. The first-order valence-corrected chi connectivity index (χ1v) is 10.1. The number of carboxylic acid groups (broad SMARTS) is 1. The van der Waals surface area contributed by atoms with Gasteiger partial charge in [-0.1, -0.05) is 0 Å². The second kappa shape index (κ2) is 9.64. The number of piperidine rings is 1. The predicted molar refractivity (Wildman–Crippen MR) is 103 cm³/mol. The van der Waals surface area contributed by atoms with Gasteiger partial charge in [-0.05, 0) is 50.3 Å². The molecule has 7 nitrogen and oxygen atoms in total. The van der Waals surface area contributed by atoms with Gasteiger partial charge in [-0.15, -0.1) is 11.8 Å². The lowest BCUT2D eigenvalue weighted by Crippen LogP contribution is -2.48. The van der Waals surface area contributed by atoms with Crippen LogP contribution in [0.15, 0.2) is 29.2 Å². The SMILES string of the molecule is CSc1ccc(OC(C)C(=O)N(C)CC(=O)N2CCCC(C(=O)O)C2)cc1. The van der Waals surface area contributed by atoms with Gasteiger partial charge >= 0.3 is 5.97 Å². The van der Waals surface area contributed by atoms with Crippen molar-refractivity contribution in [3.8, 4) is 5.75 Å². The highest BCUT2D eigenvalue weighted by molar-refractivity contribution is 7.98. The summed E-state index contributed by atoms with van der Waals surface area (Å²) in [6.07, 6.45) is 2.49. The number of likely N-dealkylation sites (N-methyl/N-ethyl adjacent to an activating group) is 1. The zero-order valence-corrected chi connectivity index (χ0v) is 16.7. The number of hydrogen-bond donors (Lipinski definition) is 1. The summed E-state index contributed by atoms with van der Waals surface area (Å²) >= 11 is 1.62. The summed E-state index contributed by atoms with van der Waals surface area (Å²) in [6.45, 7) is 2.28. The Morgan fingerprint density at radius 1 is 1.33 bits per heavy atom. The summed E-state index contributed by atoms with van der Waals surface area (Å²) in [4.78, 5) is 40.0. The highest BCUT2D eigenvalue weighted by Gasteiger charge is 2.29. The van der Waals surface area contributed by atoms with Gasteiger partial charge in [-0.3, -0.25) is 14.4 Å². The number of carbonyl (C=O) groups excluding carboxylic acids is 2. The van der Waals surface area contributed by atoms with Crippen molar-refractivity contribution in [1.29, 1.82) is 0 Å². The van der Waals surface area contributed by atoms with Gasteiger partial charge in [0.25, 0.3) is 5.91 Å². The minimum Gasteiger partial charge on any atom is -0.481 e. The zero-order chi connectivity index (χ0) is 20.0. The lowest BCUT2D eigenvalue weighted by molar-refractivity contribution is -0.148. The molecule has 1 aliphatic rings. The molecule has 27 heavy (non-hydrogen) atoms. The molecule has 1 aromatic carbocycles. The number of aliphatic carboxylic acids is 1. The van der Waals surface area contributed by atoms with E-state index in [-0.39, 0.29) is 24.9 Å². The van der Waals surface area contributed by atoms with Crippen LogP contribution in [-0.4, -0.2) is 71.7 Å². The maximum absolute atomic E-state index is 12.5. The fourth-order valence-electron chi connectivity index (χ4n) is 3.01. The van der Waals surface area contributed by atoms with Gasteiger partial charge in [0.2, 0.25) is 5.91 Å². The van der Waals surface area contributed by atoms with Gasteiger partial charge in [0.15, 0.2) is 6.10 Å². The van der Waals surface area contributed by atoms with Crippen molar-refractivity contribution in [3.63, 3.8) is 0 Å². The van der Waals surface area contributed by atoms with Gasteiger partial charge in [0.05, 0.1) is 12.5 Å². The zero-order valence-electron chi connectivity index (χ0n) is 15.9. The van der Waals surface area contributed by atoms with Gasteiger partial charge < -0.3 is 19.6 Å². The van der Waals surface area contributed by atoms with Crippen molar-refractivity contribution in [3.05, 3.63) is 24.3 Å². The smallest absolute Gasteiger partial charge is 0.308 e. The van der Waals surface area contributed by atoms with E-state index in [1.54, 1.807) is 37.9 Å². The highest BCUT2D eigenvalue weighted by atomic mass is 32.2. The number of hydrogen-bond acceptors (Lipinski definition) is 5. The summed E-state index contributed by atoms with van der Waals surface area (Å²) in [5.41, 5.74) is 0. The highest BCUT2D eigenvalue weighted by Crippen LogP contribution is 2.20. The number of amides is 2. The van der Waals surface area contributed by atoms with Crippen LogP contribution >= 0.6 is 11.8 Å². The van der Waals surface area contributed by atoms with Gasteiger partial charge in [-0.2, -0.15) is 0 Å². The molecule has 1 saturated heterocycles. The Kier molecular flexibility index (Phi) is 7.53. The Morgan fingerprint density at radius 3 is 2.59 bits per heavy atom. The third-order valence-electron chi connectivity index (χ3n) is 4.59. The van der Waals surface area contributed by atoms with E-state index in [4.69, 9.17) is 9.84 Å². The first kappa shape index (κ1) is 21.1. The van der Waals surface area contributed by atoms with Crippen LogP contribution in [0.4, 0.5) is 0 Å². The van der Waals surface area contributed by atoms with E-state index < -0.39 is 18.0 Å². The Balaban J connectivity index is 1.87. The van der Waals surface area contributed by atoms with Crippen LogP contribution in [0.25, 0.3) is 0 Å². The van der Waals surface area contributed by atoms with Crippen molar-refractivity contribution < 1.29 is 24.2 Å². The molecule has 1 aliphatic heterocycles. The number of likely N-dealkylation sites (tertiary alicyclic amines) is 1. The van der Waals surface area contributed by atoms with Gasteiger partial charge in [-0.25, -0.2) is 0 Å². The fraction of sp³-hybridized carbons (Fsp3) is 0.526. The molecule has 0 aromatic heterocycles. The maximum Gasteiger partial charge on any atom is 0.308 e. The van der Waals surface area contributed by atoms with Crippen molar-refractivity contribution in [2.45, 2.75) is 30.8 Å². The van der Waals surface area contributed by atoms with Crippen molar-refractivity contribution >= 4 is 29.5 Å². The summed E-state index contributed by atoms with van der Waals surface area (Å²) < 4.78 is 5.67. The van der Waals surface area contributed by atoms with Crippen LogP contribution in [0.3, 0.4) is 0 Å². The molecule has 2 unspecified atom stereocenters.